The summed E-state index contributed by atoms with van der Waals surface area (Å²) in [6.07, 6.45) is 10.5. The maximum absolute atomic E-state index is 12.5. The fourth-order valence-electron chi connectivity index (χ4n) is 4.87. The molecule has 2 aromatic heterocycles. The molecule has 0 atom stereocenters. The van der Waals surface area contributed by atoms with Gasteiger partial charge >= 0.3 is 0 Å². The minimum Gasteiger partial charge on any atom is -0.353 e. The second-order valence-electron chi connectivity index (χ2n) is 8.53. The maximum atomic E-state index is 12.5. The summed E-state index contributed by atoms with van der Waals surface area (Å²) in [6, 6.07) is 0.324. The van der Waals surface area contributed by atoms with Crippen LogP contribution in [0.25, 0.3) is 5.78 Å². The Morgan fingerprint density at radius 3 is 2.68 bits per heavy atom. The van der Waals surface area contributed by atoms with Crippen molar-refractivity contribution in [1.29, 1.82) is 0 Å². The summed E-state index contributed by atoms with van der Waals surface area (Å²) in [5.74, 6) is 1.67. The van der Waals surface area contributed by atoms with Crippen molar-refractivity contribution < 1.29 is 4.79 Å². The van der Waals surface area contributed by atoms with E-state index in [-0.39, 0.29) is 5.91 Å². The molecule has 1 amide bonds. The molecule has 7 heteroatoms. The largest absolute Gasteiger partial charge is 0.353 e. The SMILES string of the molecule is Cc1nc2ncnn2c(C)c1CCC(=O)NC1CCN(CC2CCCC2)CC1. The van der Waals surface area contributed by atoms with E-state index in [1.807, 2.05) is 13.8 Å². The van der Waals surface area contributed by atoms with Gasteiger partial charge in [-0.25, -0.2) is 9.50 Å². The van der Waals surface area contributed by atoms with Crippen LogP contribution in [-0.4, -0.2) is 56.1 Å². The van der Waals surface area contributed by atoms with Crippen LogP contribution in [0.5, 0.6) is 0 Å². The van der Waals surface area contributed by atoms with Gasteiger partial charge in [-0.15, -0.1) is 0 Å². The highest BCUT2D eigenvalue weighted by Crippen LogP contribution is 2.26. The molecule has 0 spiro atoms. The number of hydrogen-bond acceptors (Lipinski definition) is 5. The first-order chi connectivity index (χ1) is 13.6. The fraction of sp³-hybridized carbons (Fsp3) is 0.714. The van der Waals surface area contributed by atoms with Crippen molar-refractivity contribution in [2.24, 2.45) is 5.92 Å². The fourth-order valence-corrected chi connectivity index (χ4v) is 4.87. The van der Waals surface area contributed by atoms with Gasteiger partial charge in [0, 0.05) is 43.5 Å². The number of carbonyl (C=O) groups is 1. The minimum atomic E-state index is 0.145. The van der Waals surface area contributed by atoms with Crippen LogP contribution in [0.4, 0.5) is 0 Å². The molecule has 3 heterocycles. The van der Waals surface area contributed by atoms with Crippen molar-refractivity contribution in [3.8, 4) is 0 Å². The number of aryl methyl sites for hydroxylation is 2. The first-order valence-electron chi connectivity index (χ1n) is 10.8. The number of amides is 1. The van der Waals surface area contributed by atoms with Gasteiger partial charge in [-0.05, 0) is 57.4 Å². The molecule has 0 aromatic carbocycles. The Morgan fingerprint density at radius 1 is 1.18 bits per heavy atom. The van der Waals surface area contributed by atoms with E-state index in [0.29, 0.717) is 24.7 Å². The summed E-state index contributed by atoms with van der Waals surface area (Å²) in [5.41, 5.74) is 3.05. The van der Waals surface area contributed by atoms with Crippen molar-refractivity contribution >= 4 is 11.7 Å². The lowest BCUT2D eigenvalue weighted by molar-refractivity contribution is -0.122. The zero-order valence-electron chi connectivity index (χ0n) is 17.2. The van der Waals surface area contributed by atoms with Crippen molar-refractivity contribution in [2.75, 3.05) is 19.6 Å². The summed E-state index contributed by atoms with van der Waals surface area (Å²) in [6.45, 7) is 7.49. The average molecular weight is 385 g/mol. The quantitative estimate of drug-likeness (QED) is 0.828. The van der Waals surface area contributed by atoms with Crippen LogP contribution in [-0.2, 0) is 11.2 Å². The molecule has 28 heavy (non-hydrogen) atoms. The molecule has 1 N–H and O–H groups in total. The smallest absolute Gasteiger partial charge is 0.252 e. The Labute approximate surface area is 166 Å². The summed E-state index contributed by atoms with van der Waals surface area (Å²) < 4.78 is 1.75. The lowest BCUT2D eigenvalue weighted by Crippen LogP contribution is -2.45. The maximum Gasteiger partial charge on any atom is 0.252 e. The number of nitrogens with one attached hydrogen (secondary N) is 1. The highest BCUT2D eigenvalue weighted by molar-refractivity contribution is 5.76. The average Bonchev–Trinajstić information content (AvgIpc) is 3.35. The molecule has 1 saturated carbocycles. The number of aromatic nitrogens is 4. The number of piperidine rings is 1. The summed E-state index contributed by atoms with van der Waals surface area (Å²) in [4.78, 5) is 23.7. The van der Waals surface area contributed by atoms with Gasteiger partial charge in [0.25, 0.3) is 5.78 Å². The Kier molecular flexibility index (Phi) is 5.90. The molecule has 0 radical (unpaired) electrons. The molecule has 2 fully saturated rings. The molecule has 1 aliphatic carbocycles. The Bertz CT molecular complexity index is 818. The van der Waals surface area contributed by atoms with E-state index in [0.717, 1.165) is 48.8 Å². The van der Waals surface area contributed by atoms with Crippen LogP contribution >= 0.6 is 0 Å². The summed E-state index contributed by atoms with van der Waals surface area (Å²) in [5, 5.41) is 7.48. The number of hydrogen-bond donors (Lipinski definition) is 1. The number of rotatable bonds is 6. The third-order valence-electron chi connectivity index (χ3n) is 6.53. The molecule has 2 aromatic rings. The van der Waals surface area contributed by atoms with Gasteiger partial charge in [0.15, 0.2) is 0 Å². The van der Waals surface area contributed by atoms with Crippen molar-refractivity contribution in [3.05, 3.63) is 23.3 Å². The molecular formula is C21H32N6O. The van der Waals surface area contributed by atoms with Crippen LogP contribution in [0.3, 0.4) is 0 Å². The zero-order valence-corrected chi connectivity index (χ0v) is 17.2. The second-order valence-corrected chi connectivity index (χ2v) is 8.53. The van der Waals surface area contributed by atoms with Crippen molar-refractivity contribution in [3.63, 3.8) is 0 Å². The van der Waals surface area contributed by atoms with Gasteiger partial charge < -0.3 is 10.2 Å². The molecule has 4 rings (SSSR count). The monoisotopic (exact) mass is 384 g/mol. The van der Waals surface area contributed by atoms with E-state index >= 15 is 0 Å². The molecule has 7 nitrogen and oxygen atoms in total. The topological polar surface area (TPSA) is 75.4 Å². The van der Waals surface area contributed by atoms with E-state index < -0.39 is 0 Å². The Balaban J connectivity index is 1.24. The lowest BCUT2D eigenvalue weighted by Gasteiger charge is -2.33. The van der Waals surface area contributed by atoms with Gasteiger partial charge in [-0.3, -0.25) is 4.79 Å². The highest BCUT2D eigenvalue weighted by atomic mass is 16.1. The van der Waals surface area contributed by atoms with Crippen LogP contribution in [0.1, 0.15) is 61.9 Å². The molecule has 0 bridgehead atoms. The number of fused-ring (bicyclic) bond motifs is 1. The van der Waals surface area contributed by atoms with E-state index in [9.17, 15) is 4.79 Å². The van der Waals surface area contributed by atoms with Gasteiger partial charge in [-0.2, -0.15) is 10.1 Å². The Hall–Kier alpha value is -2.02. The van der Waals surface area contributed by atoms with Crippen molar-refractivity contribution in [1.82, 2.24) is 29.8 Å². The number of nitrogens with zero attached hydrogens (tertiary/aromatic N) is 5. The standard InChI is InChI=1S/C21H32N6O/c1-15-19(16(2)27-21(24-15)22-14-23-27)7-8-20(28)25-18-9-11-26(12-10-18)13-17-5-3-4-6-17/h14,17-18H,3-13H2,1-2H3,(H,25,28). The zero-order chi connectivity index (χ0) is 19.5. The van der Waals surface area contributed by atoms with Gasteiger partial charge in [0.05, 0.1) is 0 Å². The first kappa shape index (κ1) is 19.3. The van der Waals surface area contributed by atoms with E-state index in [1.165, 1.54) is 38.6 Å². The predicted octanol–water partition coefficient (Wildman–Crippen LogP) is 2.44. The Morgan fingerprint density at radius 2 is 1.93 bits per heavy atom. The van der Waals surface area contributed by atoms with Crippen LogP contribution < -0.4 is 5.32 Å². The predicted molar refractivity (Wildman–Crippen MR) is 108 cm³/mol. The van der Waals surface area contributed by atoms with Crippen LogP contribution in [0.15, 0.2) is 6.33 Å². The summed E-state index contributed by atoms with van der Waals surface area (Å²) in [7, 11) is 0. The van der Waals surface area contributed by atoms with E-state index in [2.05, 4.69) is 25.3 Å². The first-order valence-corrected chi connectivity index (χ1v) is 10.8. The molecule has 2 aliphatic rings. The van der Waals surface area contributed by atoms with Crippen molar-refractivity contribution in [2.45, 2.75) is 71.3 Å². The second kappa shape index (κ2) is 8.55. The van der Waals surface area contributed by atoms with Crippen LogP contribution in [0, 0.1) is 19.8 Å². The lowest BCUT2D eigenvalue weighted by atomic mass is 10.0. The highest BCUT2D eigenvalue weighted by Gasteiger charge is 2.24. The third-order valence-corrected chi connectivity index (χ3v) is 6.53. The summed E-state index contributed by atoms with van der Waals surface area (Å²) >= 11 is 0. The molecule has 0 unspecified atom stereocenters. The van der Waals surface area contributed by atoms with E-state index in [1.54, 1.807) is 4.52 Å². The number of carbonyl (C=O) groups excluding carboxylic acids is 1. The minimum absolute atomic E-state index is 0.145. The van der Waals surface area contributed by atoms with E-state index in [4.69, 9.17) is 0 Å². The van der Waals surface area contributed by atoms with Gasteiger partial charge in [0.1, 0.15) is 6.33 Å². The normalized spacial score (nSPS) is 19.5. The molecule has 152 valence electrons. The molecular weight excluding hydrogens is 352 g/mol. The number of likely N-dealkylation sites (tertiary alicyclic amines) is 1. The van der Waals surface area contributed by atoms with Crippen LogP contribution in [0.2, 0.25) is 0 Å². The molecule has 1 aliphatic heterocycles. The molecule has 1 saturated heterocycles. The van der Waals surface area contributed by atoms with Gasteiger partial charge in [0.2, 0.25) is 5.91 Å². The third kappa shape index (κ3) is 4.35. The van der Waals surface area contributed by atoms with Gasteiger partial charge in [-0.1, -0.05) is 12.8 Å².